The van der Waals surface area contributed by atoms with Crippen LogP contribution in [0.5, 0.6) is 0 Å². The van der Waals surface area contributed by atoms with Crippen molar-refractivity contribution in [2.24, 2.45) is 0 Å². The largest absolute Gasteiger partial charge is 0.454 e. The van der Waals surface area contributed by atoms with Crippen LogP contribution in [0.2, 0.25) is 0 Å². The van der Waals surface area contributed by atoms with Gasteiger partial charge in [-0.25, -0.2) is 8.78 Å². The Hall–Kier alpha value is -3.37. The van der Waals surface area contributed by atoms with Crippen molar-refractivity contribution in [3.63, 3.8) is 0 Å². The summed E-state index contributed by atoms with van der Waals surface area (Å²) >= 11 is 0. The molecule has 0 bridgehead atoms. The minimum absolute atomic E-state index is 0.0797. The van der Waals surface area contributed by atoms with E-state index in [1.807, 2.05) is 0 Å². The van der Waals surface area contributed by atoms with Gasteiger partial charge in [0.2, 0.25) is 0 Å². The molecular weight excluding hydrogens is 378 g/mol. The lowest BCUT2D eigenvalue weighted by Gasteiger charge is -2.15. The van der Waals surface area contributed by atoms with E-state index < -0.39 is 47.6 Å². The smallest absolute Gasteiger partial charge is 0.328 e. The lowest BCUT2D eigenvalue weighted by atomic mass is 10.1. The molecule has 1 aromatic heterocycles. The molecule has 0 aliphatic rings. The third-order valence-corrected chi connectivity index (χ3v) is 3.98. The molecule has 0 aliphatic carbocycles. The molecule has 9 nitrogen and oxygen atoms in total. The molecule has 1 N–H and O–H groups in total. The van der Waals surface area contributed by atoms with E-state index in [9.17, 15) is 28.5 Å². The number of ether oxygens (including phenoxy) is 1. The number of hydrogen-bond acceptors (Lipinski definition) is 6. The number of aryl methyl sites for hydroxylation is 1. The summed E-state index contributed by atoms with van der Waals surface area (Å²) in [6, 6.07) is 2.20. The standard InChI is InChI=1S/C17H18F2N4O5/c1-9(13-5-4-12(18)6-14(13)19)20-15(24)8-28-16(25)7-22-11(3)17(23(26)27)10(2)21-22/h4-6,9H,7-8H2,1-3H3,(H,20,24)/t9-/m0/s1. The summed E-state index contributed by atoms with van der Waals surface area (Å²) < 4.78 is 32.6. The van der Waals surface area contributed by atoms with Crippen LogP contribution < -0.4 is 5.32 Å². The molecule has 0 unspecified atom stereocenters. The van der Waals surface area contributed by atoms with E-state index in [1.54, 1.807) is 0 Å². The molecule has 0 fully saturated rings. The fraction of sp³-hybridized carbons (Fsp3) is 0.353. The minimum atomic E-state index is -0.823. The molecule has 1 amide bonds. The second-order valence-electron chi connectivity index (χ2n) is 6.05. The van der Waals surface area contributed by atoms with Gasteiger partial charge in [-0.2, -0.15) is 5.10 Å². The third-order valence-electron chi connectivity index (χ3n) is 3.98. The quantitative estimate of drug-likeness (QED) is 0.435. The highest BCUT2D eigenvalue weighted by atomic mass is 19.1. The van der Waals surface area contributed by atoms with Crippen molar-refractivity contribution in [3.05, 3.63) is 56.9 Å². The zero-order valence-electron chi connectivity index (χ0n) is 15.4. The molecule has 0 aliphatic heterocycles. The van der Waals surface area contributed by atoms with Gasteiger partial charge in [-0.3, -0.25) is 24.4 Å². The van der Waals surface area contributed by atoms with E-state index in [2.05, 4.69) is 10.4 Å². The Morgan fingerprint density at radius 2 is 2.04 bits per heavy atom. The number of carbonyl (C=O) groups excluding carboxylic acids is 2. The Morgan fingerprint density at radius 3 is 2.61 bits per heavy atom. The zero-order chi connectivity index (χ0) is 21.0. The maximum absolute atomic E-state index is 13.7. The maximum Gasteiger partial charge on any atom is 0.328 e. The molecule has 0 spiro atoms. The molecular formula is C17H18F2N4O5. The van der Waals surface area contributed by atoms with Crippen LogP contribution in [-0.4, -0.2) is 33.2 Å². The van der Waals surface area contributed by atoms with Gasteiger partial charge < -0.3 is 10.1 Å². The number of esters is 1. The zero-order valence-corrected chi connectivity index (χ0v) is 15.4. The minimum Gasteiger partial charge on any atom is -0.454 e. The lowest BCUT2D eigenvalue weighted by Crippen LogP contribution is -2.32. The van der Waals surface area contributed by atoms with Crippen molar-refractivity contribution in [3.8, 4) is 0 Å². The number of rotatable bonds is 7. The van der Waals surface area contributed by atoms with E-state index in [1.165, 1.54) is 26.8 Å². The van der Waals surface area contributed by atoms with Gasteiger partial charge in [-0.1, -0.05) is 6.07 Å². The first kappa shape index (κ1) is 20.9. The van der Waals surface area contributed by atoms with E-state index in [-0.39, 0.29) is 22.6 Å². The summed E-state index contributed by atoms with van der Waals surface area (Å²) in [5, 5.41) is 17.3. The van der Waals surface area contributed by atoms with Gasteiger partial charge in [0.1, 0.15) is 29.6 Å². The van der Waals surface area contributed by atoms with Crippen LogP contribution in [0.3, 0.4) is 0 Å². The number of nitrogens with zero attached hydrogens (tertiary/aromatic N) is 3. The fourth-order valence-corrected chi connectivity index (χ4v) is 2.63. The maximum atomic E-state index is 13.7. The number of benzene rings is 1. The predicted molar refractivity (Wildman–Crippen MR) is 92.2 cm³/mol. The number of carbonyl (C=O) groups is 2. The summed E-state index contributed by atoms with van der Waals surface area (Å²) in [5.74, 6) is -3.06. The van der Waals surface area contributed by atoms with Crippen LogP contribution in [0.15, 0.2) is 18.2 Å². The molecule has 150 valence electrons. The summed E-state index contributed by atoms with van der Waals surface area (Å²) in [6.07, 6.45) is 0. The molecule has 0 saturated carbocycles. The van der Waals surface area contributed by atoms with Crippen LogP contribution in [0.1, 0.15) is 29.9 Å². The summed E-state index contributed by atoms with van der Waals surface area (Å²) in [5.41, 5.74) is 0.226. The predicted octanol–water partition coefficient (Wildman–Crippen LogP) is 2.11. The van der Waals surface area contributed by atoms with Crippen molar-refractivity contribution in [2.75, 3.05) is 6.61 Å². The molecule has 2 aromatic rings. The normalized spacial score (nSPS) is 11.8. The summed E-state index contributed by atoms with van der Waals surface area (Å²) in [6.45, 7) is 3.34. The topological polar surface area (TPSA) is 116 Å². The first-order valence-corrected chi connectivity index (χ1v) is 8.18. The van der Waals surface area contributed by atoms with Crippen molar-refractivity contribution >= 4 is 17.6 Å². The molecule has 1 aromatic carbocycles. The highest BCUT2D eigenvalue weighted by Gasteiger charge is 2.23. The average molecular weight is 396 g/mol. The van der Waals surface area contributed by atoms with Gasteiger partial charge in [0.05, 0.1) is 11.0 Å². The number of hydrogen-bond donors (Lipinski definition) is 1. The van der Waals surface area contributed by atoms with Crippen molar-refractivity contribution in [2.45, 2.75) is 33.4 Å². The number of aromatic nitrogens is 2. The fourth-order valence-electron chi connectivity index (χ4n) is 2.63. The first-order valence-electron chi connectivity index (χ1n) is 8.18. The summed E-state index contributed by atoms with van der Waals surface area (Å²) in [7, 11) is 0. The van der Waals surface area contributed by atoms with Gasteiger partial charge >= 0.3 is 11.7 Å². The van der Waals surface area contributed by atoms with E-state index >= 15 is 0 Å². The van der Waals surface area contributed by atoms with Gasteiger partial charge in [0.15, 0.2) is 6.61 Å². The SMILES string of the molecule is Cc1nn(CC(=O)OCC(=O)N[C@@H](C)c2ccc(F)cc2F)c(C)c1[N+](=O)[O-]. The first-order chi connectivity index (χ1) is 13.1. The lowest BCUT2D eigenvalue weighted by molar-refractivity contribution is -0.386. The van der Waals surface area contributed by atoms with Crippen LogP contribution in [0, 0.1) is 35.6 Å². The Morgan fingerprint density at radius 1 is 1.36 bits per heavy atom. The number of nitro groups is 1. The molecule has 1 heterocycles. The van der Waals surface area contributed by atoms with Gasteiger partial charge in [-0.05, 0) is 26.8 Å². The molecule has 0 radical (unpaired) electrons. The number of halogens is 2. The van der Waals surface area contributed by atoms with Crippen molar-refractivity contribution in [1.82, 2.24) is 15.1 Å². The van der Waals surface area contributed by atoms with E-state index in [0.29, 0.717) is 6.07 Å². The average Bonchev–Trinajstić information content (AvgIpc) is 2.86. The third kappa shape index (κ3) is 4.87. The second-order valence-corrected chi connectivity index (χ2v) is 6.05. The molecule has 0 saturated heterocycles. The van der Waals surface area contributed by atoms with Crippen LogP contribution >= 0.6 is 0 Å². The monoisotopic (exact) mass is 396 g/mol. The molecule has 28 heavy (non-hydrogen) atoms. The number of nitrogens with one attached hydrogen (secondary N) is 1. The Bertz CT molecular complexity index is 929. The highest BCUT2D eigenvalue weighted by Crippen LogP contribution is 2.21. The van der Waals surface area contributed by atoms with E-state index in [4.69, 9.17) is 4.74 Å². The second kappa shape index (κ2) is 8.55. The van der Waals surface area contributed by atoms with Gasteiger partial charge in [-0.15, -0.1) is 0 Å². The number of amides is 1. The van der Waals surface area contributed by atoms with Gasteiger partial charge in [0.25, 0.3) is 5.91 Å². The Labute approximate surface area is 158 Å². The van der Waals surface area contributed by atoms with Crippen LogP contribution in [0.25, 0.3) is 0 Å². The Balaban J connectivity index is 1.90. The van der Waals surface area contributed by atoms with Crippen LogP contribution in [-0.2, 0) is 20.9 Å². The van der Waals surface area contributed by atoms with Crippen molar-refractivity contribution in [1.29, 1.82) is 0 Å². The molecule has 2 rings (SSSR count). The molecule has 1 atom stereocenters. The van der Waals surface area contributed by atoms with E-state index in [0.717, 1.165) is 10.7 Å². The Kier molecular flexibility index (Phi) is 6.39. The molecule has 11 heteroatoms. The summed E-state index contributed by atoms with van der Waals surface area (Å²) in [4.78, 5) is 34.1. The van der Waals surface area contributed by atoms with Gasteiger partial charge in [0, 0.05) is 11.6 Å². The highest BCUT2D eigenvalue weighted by molar-refractivity contribution is 5.80. The van der Waals surface area contributed by atoms with Crippen molar-refractivity contribution < 1.29 is 28.0 Å². The van der Waals surface area contributed by atoms with Crippen LogP contribution in [0.4, 0.5) is 14.5 Å².